The first-order valence-electron chi connectivity index (χ1n) is 10.4. The standard InChI is InChI=1S/C26H25Cl2NO3/c1-4-32-26(31)20-12-14-21(15-13-20)29(16-22-23(27)6-5-7-24(22)28)25(30)19-10-8-18(9-11-19)17(2)3/h5-15,17H,4,16H2,1-3H3. The number of ether oxygens (including phenoxy) is 1. The Morgan fingerprint density at radius 1 is 0.875 bits per heavy atom. The van der Waals surface area contributed by atoms with Gasteiger partial charge in [-0.25, -0.2) is 4.79 Å². The van der Waals surface area contributed by atoms with E-state index in [9.17, 15) is 9.59 Å². The summed E-state index contributed by atoms with van der Waals surface area (Å²) in [5.74, 6) is -0.233. The summed E-state index contributed by atoms with van der Waals surface area (Å²) in [4.78, 5) is 27.1. The van der Waals surface area contributed by atoms with Gasteiger partial charge in [-0.15, -0.1) is 0 Å². The maximum atomic E-state index is 13.5. The Morgan fingerprint density at radius 2 is 1.44 bits per heavy atom. The molecule has 1 amide bonds. The van der Waals surface area contributed by atoms with Crippen molar-refractivity contribution in [2.45, 2.75) is 33.2 Å². The summed E-state index contributed by atoms with van der Waals surface area (Å²) < 4.78 is 5.05. The third-order valence-corrected chi connectivity index (χ3v) is 5.85. The highest BCUT2D eigenvalue weighted by atomic mass is 35.5. The van der Waals surface area contributed by atoms with Crippen LogP contribution in [0.5, 0.6) is 0 Å². The summed E-state index contributed by atoms with van der Waals surface area (Å²) in [7, 11) is 0. The summed E-state index contributed by atoms with van der Waals surface area (Å²) in [6, 6.07) is 19.5. The van der Waals surface area contributed by atoms with Crippen molar-refractivity contribution < 1.29 is 14.3 Å². The molecule has 0 aliphatic rings. The van der Waals surface area contributed by atoms with E-state index in [4.69, 9.17) is 27.9 Å². The number of hydrogen-bond donors (Lipinski definition) is 0. The van der Waals surface area contributed by atoms with Crippen LogP contribution in [0.4, 0.5) is 5.69 Å². The number of amides is 1. The van der Waals surface area contributed by atoms with Crippen LogP contribution >= 0.6 is 23.2 Å². The van der Waals surface area contributed by atoms with Crippen LogP contribution in [0.2, 0.25) is 10.0 Å². The van der Waals surface area contributed by atoms with E-state index >= 15 is 0 Å². The van der Waals surface area contributed by atoms with Gasteiger partial charge in [0.05, 0.1) is 18.7 Å². The first-order valence-corrected chi connectivity index (χ1v) is 11.2. The third-order valence-electron chi connectivity index (χ3n) is 5.14. The van der Waals surface area contributed by atoms with Crippen LogP contribution in [0.1, 0.15) is 58.5 Å². The van der Waals surface area contributed by atoms with Gasteiger partial charge in [0.1, 0.15) is 0 Å². The van der Waals surface area contributed by atoms with Crippen molar-refractivity contribution in [2.24, 2.45) is 0 Å². The minimum absolute atomic E-state index is 0.183. The Balaban J connectivity index is 1.99. The van der Waals surface area contributed by atoms with Crippen LogP contribution in [0.25, 0.3) is 0 Å². The first-order chi connectivity index (χ1) is 15.3. The molecule has 0 atom stereocenters. The van der Waals surface area contributed by atoms with E-state index in [0.717, 1.165) is 5.56 Å². The van der Waals surface area contributed by atoms with E-state index in [2.05, 4.69) is 13.8 Å². The summed E-state index contributed by atoms with van der Waals surface area (Å²) in [5.41, 5.74) is 3.39. The number of carbonyl (C=O) groups is 2. The molecule has 0 heterocycles. The third kappa shape index (κ3) is 5.50. The molecule has 32 heavy (non-hydrogen) atoms. The van der Waals surface area contributed by atoms with E-state index in [1.54, 1.807) is 54.3 Å². The van der Waals surface area contributed by atoms with Crippen molar-refractivity contribution >= 4 is 40.8 Å². The first kappa shape index (κ1) is 23.8. The summed E-state index contributed by atoms with van der Waals surface area (Å²) in [6.45, 7) is 6.44. The number of carbonyl (C=O) groups excluding carboxylic acids is 2. The predicted octanol–water partition coefficient (Wildman–Crippen LogP) is 7.14. The molecule has 0 aliphatic carbocycles. The lowest BCUT2D eigenvalue weighted by atomic mass is 10.0. The van der Waals surface area contributed by atoms with Gasteiger partial charge >= 0.3 is 5.97 Å². The molecule has 3 aromatic carbocycles. The molecule has 6 heteroatoms. The van der Waals surface area contributed by atoms with Gasteiger partial charge < -0.3 is 9.64 Å². The van der Waals surface area contributed by atoms with Crippen LogP contribution in [-0.2, 0) is 11.3 Å². The number of hydrogen-bond acceptors (Lipinski definition) is 3. The Labute approximate surface area is 198 Å². The Bertz CT molecular complexity index is 1070. The number of anilines is 1. The molecule has 3 rings (SSSR count). The molecule has 0 saturated carbocycles. The molecule has 0 aliphatic heterocycles. The van der Waals surface area contributed by atoms with Gasteiger partial charge in [-0.2, -0.15) is 0 Å². The highest BCUT2D eigenvalue weighted by Crippen LogP contribution is 2.29. The number of halogens is 2. The molecule has 0 unspecified atom stereocenters. The van der Waals surface area contributed by atoms with Crippen molar-refractivity contribution in [2.75, 3.05) is 11.5 Å². The molecule has 166 valence electrons. The lowest BCUT2D eigenvalue weighted by Gasteiger charge is -2.24. The Morgan fingerprint density at radius 3 is 1.97 bits per heavy atom. The van der Waals surface area contributed by atoms with E-state index in [-0.39, 0.29) is 12.5 Å². The summed E-state index contributed by atoms with van der Waals surface area (Å²) in [5, 5.41) is 0.960. The second-order valence-electron chi connectivity index (χ2n) is 7.64. The molecule has 0 aromatic heterocycles. The quantitative estimate of drug-likeness (QED) is 0.345. The minimum atomic E-state index is -0.407. The van der Waals surface area contributed by atoms with E-state index < -0.39 is 5.97 Å². The van der Waals surface area contributed by atoms with Gasteiger partial charge in [0.15, 0.2) is 0 Å². The number of benzene rings is 3. The highest BCUT2D eigenvalue weighted by molar-refractivity contribution is 6.36. The molecular weight excluding hydrogens is 445 g/mol. The SMILES string of the molecule is CCOC(=O)c1ccc(N(Cc2c(Cl)cccc2Cl)C(=O)c2ccc(C(C)C)cc2)cc1. The molecule has 0 radical (unpaired) electrons. The monoisotopic (exact) mass is 469 g/mol. The zero-order chi connectivity index (χ0) is 23.3. The molecular formula is C26H25Cl2NO3. The zero-order valence-corrected chi connectivity index (χ0v) is 19.8. The van der Waals surface area contributed by atoms with Crippen molar-refractivity contribution in [3.8, 4) is 0 Å². The van der Waals surface area contributed by atoms with E-state index in [1.165, 1.54) is 0 Å². The van der Waals surface area contributed by atoms with E-state index in [1.807, 2.05) is 24.3 Å². The molecule has 0 bridgehead atoms. The average Bonchev–Trinajstić information content (AvgIpc) is 2.79. The smallest absolute Gasteiger partial charge is 0.338 e. The fourth-order valence-electron chi connectivity index (χ4n) is 3.28. The predicted molar refractivity (Wildman–Crippen MR) is 130 cm³/mol. The van der Waals surface area contributed by atoms with Gasteiger partial charge in [0.2, 0.25) is 0 Å². The Kier molecular flexibility index (Phi) is 7.94. The topological polar surface area (TPSA) is 46.6 Å². The number of esters is 1. The van der Waals surface area contributed by atoms with Crippen molar-refractivity contribution in [3.63, 3.8) is 0 Å². The van der Waals surface area contributed by atoms with Crippen molar-refractivity contribution in [1.29, 1.82) is 0 Å². The van der Waals surface area contributed by atoms with Crippen molar-refractivity contribution in [1.82, 2.24) is 0 Å². The average molecular weight is 470 g/mol. The van der Waals surface area contributed by atoms with E-state index in [0.29, 0.717) is 44.9 Å². The molecule has 0 fully saturated rings. The van der Waals surface area contributed by atoms with Gasteiger partial charge in [-0.3, -0.25) is 4.79 Å². The zero-order valence-electron chi connectivity index (χ0n) is 18.3. The fourth-order valence-corrected chi connectivity index (χ4v) is 3.80. The van der Waals surface area contributed by atoms with Gasteiger partial charge in [-0.1, -0.05) is 55.2 Å². The number of nitrogens with zero attached hydrogens (tertiary/aromatic N) is 1. The lowest BCUT2D eigenvalue weighted by molar-refractivity contribution is 0.0526. The van der Waals surface area contributed by atoms with Crippen LogP contribution < -0.4 is 4.90 Å². The van der Waals surface area contributed by atoms with Crippen LogP contribution in [-0.4, -0.2) is 18.5 Å². The van der Waals surface area contributed by atoms with Crippen LogP contribution in [0, 0.1) is 0 Å². The highest BCUT2D eigenvalue weighted by Gasteiger charge is 2.21. The Hall–Kier alpha value is -2.82. The minimum Gasteiger partial charge on any atom is -0.462 e. The molecule has 4 nitrogen and oxygen atoms in total. The van der Waals surface area contributed by atoms with Crippen molar-refractivity contribution in [3.05, 3.63) is 99.0 Å². The summed E-state index contributed by atoms with van der Waals surface area (Å²) in [6.07, 6.45) is 0. The van der Waals surface area contributed by atoms with Gasteiger partial charge in [0.25, 0.3) is 5.91 Å². The maximum Gasteiger partial charge on any atom is 0.338 e. The van der Waals surface area contributed by atoms with Gasteiger partial charge in [-0.05, 0) is 66.9 Å². The lowest BCUT2D eigenvalue weighted by Crippen LogP contribution is -2.30. The molecule has 3 aromatic rings. The maximum absolute atomic E-state index is 13.5. The molecule has 0 spiro atoms. The fraction of sp³-hybridized carbons (Fsp3) is 0.231. The second-order valence-corrected chi connectivity index (χ2v) is 8.45. The van der Waals surface area contributed by atoms with Gasteiger partial charge in [0, 0.05) is 26.9 Å². The molecule has 0 N–H and O–H groups in total. The second kappa shape index (κ2) is 10.7. The molecule has 0 saturated heterocycles. The van der Waals surface area contributed by atoms with Crippen LogP contribution in [0.15, 0.2) is 66.7 Å². The summed E-state index contributed by atoms with van der Waals surface area (Å²) >= 11 is 12.8. The largest absolute Gasteiger partial charge is 0.462 e. The number of rotatable bonds is 7. The normalized spacial score (nSPS) is 10.8. The van der Waals surface area contributed by atoms with Crippen LogP contribution in [0.3, 0.4) is 0 Å².